The van der Waals surface area contributed by atoms with Crippen LogP contribution in [0.3, 0.4) is 0 Å². The Hall–Kier alpha value is -5.76. The van der Waals surface area contributed by atoms with Crippen molar-refractivity contribution in [1.29, 1.82) is 0 Å². The molecule has 3 amide bonds. The second-order valence-electron chi connectivity index (χ2n) is 19.8. The normalized spacial score (nSPS) is 18.2. The van der Waals surface area contributed by atoms with Gasteiger partial charge in [0, 0.05) is 57.9 Å². The fourth-order valence-electron chi connectivity index (χ4n) is 9.68. The molecule has 362 valence electrons. The van der Waals surface area contributed by atoms with Crippen molar-refractivity contribution in [2.75, 3.05) is 32.8 Å². The number of phenols is 2. The zero-order valence-corrected chi connectivity index (χ0v) is 40.9. The number of nitrogens with one attached hydrogen (secondary N) is 1. The lowest BCUT2D eigenvalue weighted by atomic mass is 9.76. The molecule has 0 spiro atoms. The number of likely N-dealkylation sites (N-methyl/N-ethyl adjacent to an activating group) is 1. The summed E-state index contributed by atoms with van der Waals surface area (Å²) in [5, 5.41) is 34.7. The number of amides is 3. The number of unbranched alkanes of at least 4 members (excludes halogenated alkanes) is 4. The van der Waals surface area contributed by atoms with Crippen LogP contribution in [-0.2, 0) is 14.4 Å². The van der Waals surface area contributed by atoms with Gasteiger partial charge in [0.2, 0.25) is 17.7 Å². The van der Waals surface area contributed by atoms with E-state index in [9.17, 15) is 34.5 Å². The number of aliphatic hydroxyl groups is 1. The second kappa shape index (κ2) is 21.7. The maximum absolute atomic E-state index is 14.5. The number of likely N-dealkylation sites (tertiary alicyclic amines) is 1. The van der Waals surface area contributed by atoms with Gasteiger partial charge in [-0.3, -0.25) is 19.2 Å². The number of aromatic hydroxyl groups is 2. The molecule has 5 aromatic rings. The predicted octanol–water partition coefficient (Wildman–Crippen LogP) is 9.28. The minimum absolute atomic E-state index is 0.0309. The first kappa shape index (κ1) is 50.1. The summed E-state index contributed by atoms with van der Waals surface area (Å²) in [6.07, 6.45) is 6.28. The zero-order chi connectivity index (χ0) is 48.8. The third-order valence-electron chi connectivity index (χ3n) is 13.9. The standard InChI is InChI=1S/C55H68N4O8S/c1-6-58(30-31-67-44-26-21-39(22-27-44)49(64)48-45-28-25-42(61)32-46(45)68-50(48)40-19-23-41(60)24-20-40)29-11-9-7-8-10-12-47(63)57-51(54(3,4)5)52(65)59-34-43(62)33-55(59,53(56)66)35(2)36-13-15-37(16-14-36)38-17-18-38/h13-16,19-28,32,35,38,43,51,60-62H,6-12,17-18,29-31,33-34H2,1-5H3,(H2,56,66)(H,57,63)/t35-,43?,51+,55?/m0/s1. The van der Waals surface area contributed by atoms with Gasteiger partial charge in [0.25, 0.3) is 0 Å². The number of nitrogens with two attached hydrogens (primary N) is 1. The highest BCUT2D eigenvalue weighted by Crippen LogP contribution is 2.45. The number of benzene rings is 4. The molecule has 1 aromatic heterocycles. The summed E-state index contributed by atoms with van der Waals surface area (Å²) < 4.78 is 6.89. The Morgan fingerprint density at radius 1 is 0.882 bits per heavy atom. The van der Waals surface area contributed by atoms with Crippen LogP contribution < -0.4 is 15.8 Å². The van der Waals surface area contributed by atoms with E-state index < -0.39 is 40.8 Å². The molecule has 7 rings (SSSR count). The molecule has 4 atom stereocenters. The fourth-order valence-corrected chi connectivity index (χ4v) is 10.9. The molecule has 0 radical (unpaired) electrons. The van der Waals surface area contributed by atoms with Crippen LogP contribution >= 0.6 is 11.3 Å². The molecule has 2 heterocycles. The summed E-state index contributed by atoms with van der Waals surface area (Å²) in [6.45, 7) is 12.7. The Labute approximate surface area is 404 Å². The van der Waals surface area contributed by atoms with Gasteiger partial charge >= 0.3 is 0 Å². The lowest BCUT2D eigenvalue weighted by molar-refractivity contribution is -0.149. The van der Waals surface area contributed by atoms with Crippen molar-refractivity contribution < 1.29 is 39.2 Å². The number of ketones is 1. The minimum atomic E-state index is -1.44. The molecule has 1 saturated heterocycles. The number of aliphatic hydroxyl groups excluding tert-OH is 1. The molecule has 12 nitrogen and oxygen atoms in total. The lowest BCUT2D eigenvalue weighted by Gasteiger charge is -2.43. The number of primary amides is 1. The molecule has 68 heavy (non-hydrogen) atoms. The first-order valence-electron chi connectivity index (χ1n) is 24.2. The van der Waals surface area contributed by atoms with Crippen LogP contribution in [0.1, 0.15) is 131 Å². The van der Waals surface area contributed by atoms with Gasteiger partial charge in [0.1, 0.15) is 35.4 Å². The average molecular weight is 945 g/mol. The van der Waals surface area contributed by atoms with Crippen molar-refractivity contribution in [2.45, 2.75) is 122 Å². The van der Waals surface area contributed by atoms with E-state index in [-0.39, 0.29) is 42.6 Å². The first-order valence-corrected chi connectivity index (χ1v) is 25.0. The summed E-state index contributed by atoms with van der Waals surface area (Å²) in [5.74, 6) is -0.379. The Balaban J connectivity index is 0.840. The third-order valence-corrected chi connectivity index (χ3v) is 15.1. The highest BCUT2D eigenvalue weighted by molar-refractivity contribution is 7.22. The van der Waals surface area contributed by atoms with Crippen LogP contribution in [0.15, 0.2) is 91.0 Å². The SMILES string of the molecule is CCN(CCCCCCCC(=O)N[C@H](C(=O)N1CC(O)CC1(C(N)=O)[C@@H](C)c1ccc(C2CC2)cc1)C(C)(C)C)CCOc1ccc(C(=O)c2c(-c3ccc(O)cc3)sc3cc(O)ccc23)cc1. The smallest absolute Gasteiger partial charge is 0.246 e. The maximum atomic E-state index is 14.5. The van der Waals surface area contributed by atoms with Crippen molar-refractivity contribution in [2.24, 2.45) is 11.1 Å². The molecular weight excluding hydrogens is 877 g/mol. The molecule has 4 aromatic carbocycles. The topological polar surface area (TPSA) is 183 Å². The summed E-state index contributed by atoms with van der Waals surface area (Å²) >= 11 is 1.43. The average Bonchev–Trinajstić information content (AvgIpc) is 4.01. The van der Waals surface area contributed by atoms with Crippen LogP contribution in [0.4, 0.5) is 0 Å². The van der Waals surface area contributed by atoms with E-state index in [1.807, 2.05) is 52.0 Å². The number of fused-ring (bicyclic) bond motifs is 1. The van der Waals surface area contributed by atoms with Crippen molar-refractivity contribution >= 4 is 44.9 Å². The van der Waals surface area contributed by atoms with Crippen LogP contribution in [-0.4, -0.2) is 99.1 Å². The number of β-amino-alcohol motifs (C(OH)–C–C–N with tert-alkyl or cyclic N) is 1. The largest absolute Gasteiger partial charge is 0.508 e. The molecule has 1 saturated carbocycles. The fraction of sp³-hybridized carbons (Fsp3) is 0.455. The lowest BCUT2D eigenvalue weighted by Crippen LogP contribution is -2.64. The number of carbonyl (C=O) groups is 4. The molecule has 1 aliphatic heterocycles. The number of carbonyl (C=O) groups excluding carboxylic acids is 4. The molecule has 6 N–H and O–H groups in total. The van der Waals surface area contributed by atoms with Gasteiger partial charge in [-0.15, -0.1) is 11.3 Å². The molecule has 2 unspecified atom stereocenters. The molecule has 2 aliphatic rings. The Kier molecular flexibility index (Phi) is 16.0. The van der Waals surface area contributed by atoms with Gasteiger partial charge in [-0.05, 0) is 134 Å². The van der Waals surface area contributed by atoms with E-state index in [4.69, 9.17) is 10.5 Å². The van der Waals surface area contributed by atoms with Gasteiger partial charge in [-0.2, -0.15) is 0 Å². The summed E-state index contributed by atoms with van der Waals surface area (Å²) in [4.78, 5) is 59.8. The van der Waals surface area contributed by atoms with E-state index in [0.717, 1.165) is 71.4 Å². The summed E-state index contributed by atoms with van der Waals surface area (Å²) in [6, 6.07) is 26.2. The van der Waals surface area contributed by atoms with E-state index in [1.165, 1.54) is 34.6 Å². The first-order chi connectivity index (χ1) is 32.5. The van der Waals surface area contributed by atoms with Crippen LogP contribution in [0.2, 0.25) is 0 Å². The zero-order valence-electron chi connectivity index (χ0n) is 40.1. The Bertz CT molecular complexity index is 2550. The summed E-state index contributed by atoms with van der Waals surface area (Å²) in [5.41, 5.74) is 8.05. The molecular formula is C55H68N4O8S. The van der Waals surface area contributed by atoms with Crippen molar-refractivity contribution in [1.82, 2.24) is 15.1 Å². The number of rotatable bonds is 22. The Morgan fingerprint density at radius 2 is 1.54 bits per heavy atom. The van der Waals surface area contributed by atoms with Gasteiger partial charge in [0.15, 0.2) is 5.78 Å². The number of thiophene rings is 1. The monoisotopic (exact) mass is 944 g/mol. The highest BCUT2D eigenvalue weighted by Gasteiger charge is 2.57. The third kappa shape index (κ3) is 11.6. The quantitative estimate of drug-likeness (QED) is 0.0334. The molecule has 0 bridgehead atoms. The van der Waals surface area contributed by atoms with Crippen molar-refractivity contribution in [3.05, 3.63) is 113 Å². The molecule has 2 fully saturated rings. The minimum Gasteiger partial charge on any atom is -0.508 e. The van der Waals surface area contributed by atoms with E-state index in [0.29, 0.717) is 35.8 Å². The van der Waals surface area contributed by atoms with E-state index >= 15 is 0 Å². The molecule has 13 heteroatoms. The number of hydrogen-bond donors (Lipinski definition) is 5. The number of hydrogen-bond acceptors (Lipinski definition) is 10. The number of ether oxygens (including phenoxy) is 1. The van der Waals surface area contributed by atoms with Crippen LogP contribution in [0, 0.1) is 5.41 Å². The van der Waals surface area contributed by atoms with Crippen LogP contribution in [0.5, 0.6) is 17.2 Å². The van der Waals surface area contributed by atoms with Gasteiger partial charge < -0.3 is 40.9 Å². The van der Waals surface area contributed by atoms with Gasteiger partial charge in [0.05, 0.1) is 6.10 Å². The van der Waals surface area contributed by atoms with Crippen molar-refractivity contribution in [3.63, 3.8) is 0 Å². The van der Waals surface area contributed by atoms with Gasteiger partial charge in [-0.1, -0.05) is 78.1 Å². The Morgan fingerprint density at radius 3 is 2.19 bits per heavy atom. The number of phenolic OH excluding ortho intramolecular Hbond substituents is 2. The van der Waals surface area contributed by atoms with Gasteiger partial charge in [-0.25, -0.2) is 0 Å². The van der Waals surface area contributed by atoms with E-state index in [2.05, 4.69) is 29.3 Å². The molecule has 1 aliphatic carbocycles. The van der Waals surface area contributed by atoms with E-state index in [1.54, 1.807) is 54.6 Å². The maximum Gasteiger partial charge on any atom is 0.246 e. The predicted molar refractivity (Wildman–Crippen MR) is 268 cm³/mol. The highest BCUT2D eigenvalue weighted by atomic mass is 32.1. The van der Waals surface area contributed by atoms with Crippen molar-refractivity contribution in [3.8, 4) is 27.7 Å². The summed E-state index contributed by atoms with van der Waals surface area (Å²) in [7, 11) is 0. The number of nitrogens with zero attached hydrogens (tertiary/aromatic N) is 2. The second-order valence-corrected chi connectivity index (χ2v) is 20.9. The van der Waals surface area contributed by atoms with Crippen LogP contribution in [0.25, 0.3) is 20.5 Å².